The van der Waals surface area contributed by atoms with E-state index in [0.717, 1.165) is 0 Å². The fourth-order valence-electron chi connectivity index (χ4n) is 1.18. The summed E-state index contributed by atoms with van der Waals surface area (Å²) in [5.74, 6) is 0.595. The first-order valence-corrected chi connectivity index (χ1v) is 4.45. The number of anilines is 2. The Morgan fingerprint density at radius 1 is 1.62 bits per heavy atom. The Morgan fingerprint density at radius 3 is 3.06 bits per heavy atom. The Balaban J connectivity index is 2.22. The summed E-state index contributed by atoms with van der Waals surface area (Å²) < 4.78 is 6.07. The van der Waals surface area contributed by atoms with Crippen molar-refractivity contribution in [3.63, 3.8) is 0 Å². The molecule has 0 atom stereocenters. The van der Waals surface area contributed by atoms with E-state index in [0.29, 0.717) is 11.8 Å². The van der Waals surface area contributed by atoms with E-state index in [4.69, 9.17) is 0 Å². The van der Waals surface area contributed by atoms with Gasteiger partial charge in [0.15, 0.2) is 5.69 Å². The van der Waals surface area contributed by atoms with Gasteiger partial charge in [-0.1, -0.05) is 0 Å². The van der Waals surface area contributed by atoms with Gasteiger partial charge in [-0.3, -0.25) is 4.68 Å². The molecule has 0 fully saturated rings. The Bertz CT molecular complexity index is 489. The lowest BCUT2D eigenvalue weighted by Gasteiger charge is -2.00. The van der Waals surface area contributed by atoms with Crippen molar-refractivity contribution in [3.05, 3.63) is 18.1 Å². The zero-order chi connectivity index (χ0) is 11.5. The van der Waals surface area contributed by atoms with E-state index in [1.165, 1.54) is 18.1 Å². The minimum Gasteiger partial charge on any atom is -0.464 e. The maximum absolute atomic E-state index is 11.2. The van der Waals surface area contributed by atoms with Gasteiger partial charge in [0.2, 0.25) is 5.95 Å². The molecule has 2 heterocycles. The third kappa shape index (κ3) is 1.85. The third-order valence-corrected chi connectivity index (χ3v) is 1.94. The second kappa shape index (κ2) is 4.01. The summed E-state index contributed by atoms with van der Waals surface area (Å²) in [6, 6.07) is 1.56. The van der Waals surface area contributed by atoms with E-state index < -0.39 is 5.97 Å². The first kappa shape index (κ1) is 10.1. The quantitative estimate of drug-likeness (QED) is 0.713. The number of nitrogens with zero attached hydrogens (tertiary/aromatic N) is 4. The average molecular weight is 222 g/mol. The molecule has 0 aliphatic rings. The van der Waals surface area contributed by atoms with Crippen LogP contribution in [0.25, 0.3) is 0 Å². The molecule has 0 amide bonds. The van der Waals surface area contributed by atoms with Crippen LogP contribution in [0.2, 0.25) is 0 Å². The molecule has 2 rings (SSSR count). The number of hydrogen-bond donors (Lipinski definition) is 2. The molecule has 2 aromatic rings. The van der Waals surface area contributed by atoms with Crippen LogP contribution in [0.5, 0.6) is 0 Å². The zero-order valence-electron chi connectivity index (χ0n) is 8.76. The van der Waals surface area contributed by atoms with Crippen molar-refractivity contribution in [1.82, 2.24) is 25.0 Å². The highest BCUT2D eigenvalue weighted by atomic mass is 16.5. The molecule has 2 N–H and O–H groups in total. The molecule has 2 aromatic heterocycles. The summed E-state index contributed by atoms with van der Waals surface area (Å²) in [6.45, 7) is 0. The van der Waals surface area contributed by atoms with Crippen molar-refractivity contribution >= 4 is 17.7 Å². The molecule has 0 spiro atoms. The molecular formula is C8H10N6O2. The highest BCUT2D eigenvalue weighted by Crippen LogP contribution is 2.13. The smallest absolute Gasteiger partial charge is 0.358 e. The van der Waals surface area contributed by atoms with Gasteiger partial charge in [0.25, 0.3) is 0 Å². The van der Waals surface area contributed by atoms with Crippen LogP contribution in [0.1, 0.15) is 10.5 Å². The summed E-state index contributed by atoms with van der Waals surface area (Å²) in [7, 11) is 3.01. The van der Waals surface area contributed by atoms with E-state index in [1.54, 1.807) is 13.1 Å². The van der Waals surface area contributed by atoms with Gasteiger partial charge in [-0.15, -0.1) is 0 Å². The number of rotatable bonds is 3. The molecule has 8 heteroatoms. The number of aromatic amines is 1. The molecule has 0 aliphatic carbocycles. The lowest BCUT2D eigenvalue weighted by atomic mass is 10.4. The van der Waals surface area contributed by atoms with Crippen molar-refractivity contribution in [3.8, 4) is 0 Å². The summed E-state index contributed by atoms with van der Waals surface area (Å²) >= 11 is 0. The summed E-state index contributed by atoms with van der Waals surface area (Å²) in [5, 5.41) is 13.2. The van der Waals surface area contributed by atoms with Gasteiger partial charge in [-0.25, -0.2) is 9.89 Å². The predicted octanol–water partition coefficient (Wildman–Crippen LogP) is 0.0684. The number of methoxy groups -OCH3 is 1. The molecule has 0 aliphatic heterocycles. The van der Waals surface area contributed by atoms with Gasteiger partial charge < -0.3 is 10.1 Å². The number of aromatic nitrogens is 5. The van der Waals surface area contributed by atoms with Crippen LogP contribution in [0, 0.1) is 0 Å². The number of H-pyrrole nitrogens is 1. The standard InChI is InChI=1S/C8H10N6O2/c1-14-6(11-8-9-4-10-12-8)3-5(13-14)7(15)16-2/h3-4H,1-2H3,(H2,9,10,11,12). The van der Waals surface area contributed by atoms with Gasteiger partial charge >= 0.3 is 5.97 Å². The molecule has 0 radical (unpaired) electrons. The van der Waals surface area contributed by atoms with Crippen LogP contribution in [-0.4, -0.2) is 38.0 Å². The molecule has 16 heavy (non-hydrogen) atoms. The van der Waals surface area contributed by atoms with Crippen molar-refractivity contribution in [2.45, 2.75) is 0 Å². The molecule has 0 bridgehead atoms. The van der Waals surface area contributed by atoms with Crippen molar-refractivity contribution in [2.75, 3.05) is 12.4 Å². The normalized spacial score (nSPS) is 10.1. The Hall–Kier alpha value is -2.38. The summed E-state index contributed by atoms with van der Waals surface area (Å²) in [5.41, 5.74) is 0.229. The average Bonchev–Trinajstić information content (AvgIpc) is 2.89. The number of esters is 1. The van der Waals surface area contributed by atoms with E-state index in [2.05, 4.69) is 30.3 Å². The van der Waals surface area contributed by atoms with Gasteiger partial charge in [0, 0.05) is 13.1 Å². The Kier molecular flexibility index (Phi) is 2.54. The van der Waals surface area contributed by atoms with Gasteiger partial charge in [0.1, 0.15) is 12.1 Å². The molecule has 0 saturated heterocycles. The fourth-order valence-corrected chi connectivity index (χ4v) is 1.18. The minimum atomic E-state index is -0.485. The maximum Gasteiger partial charge on any atom is 0.358 e. The first-order valence-electron chi connectivity index (χ1n) is 4.45. The Morgan fingerprint density at radius 2 is 2.44 bits per heavy atom. The van der Waals surface area contributed by atoms with E-state index >= 15 is 0 Å². The predicted molar refractivity (Wildman–Crippen MR) is 54.2 cm³/mol. The number of aryl methyl sites for hydroxylation is 1. The van der Waals surface area contributed by atoms with E-state index in [9.17, 15) is 4.79 Å². The third-order valence-electron chi connectivity index (χ3n) is 1.94. The SMILES string of the molecule is COC(=O)c1cc(Nc2ncn[nH]2)n(C)n1. The lowest BCUT2D eigenvalue weighted by molar-refractivity contribution is 0.0593. The highest BCUT2D eigenvalue weighted by molar-refractivity contribution is 5.88. The van der Waals surface area contributed by atoms with Gasteiger partial charge in [-0.2, -0.15) is 15.2 Å². The van der Waals surface area contributed by atoms with Crippen LogP contribution in [-0.2, 0) is 11.8 Å². The van der Waals surface area contributed by atoms with Crippen molar-refractivity contribution in [1.29, 1.82) is 0 Å². The van der Waals surface area contributed by atoms with Crippen molar-refractivity contribution < 1.29 is 9.53 Å². The molecule has 0 aromatic carbocycles. The molecule has 84 valence electrons. The van der Waals surface area contributed by atoms with Crippen LogP contribution in [0.15, 0.2) is 12.4 Å². The lowest BCUT2D eigenvalue weighted by Crippen LogP contribution is -2.03. The number of hydrogen-bond acceptors (Lipinski definition) is 6. The fraction of sp³-hybridized carbons (Fsp3) is 0.250. The monoisotopic (exact) mass is 222 g/mol. The minimum absolute atomic E-state index is 0.229. The largest absolute Gasteiger partial charge is 0.464 e. The topological polar surface area (TPSA) is 97.7 Å². The number of carbonyl (C=O) groups excluding carboxylic acids is 1. The molecular weight excluding hydrogens is 212 g/mol. The van der Waals surface area contributed by atoms with Crippen LogP contribution < -0.4 is 5.32 Å². The van der Waals surface area contributed by atoms with Gasteiger partial charge in [-0.05, 0) is 0 Å². The number of carbonyl (C=O) groups is 1. The second-order valence-corrected chi connectivity index (χ2v) is 2.99. The van der Waals surface area contributed by atoms with E-state index in [1.807, 2.05) is 0 Å². The summed E-state index contributed by atoms with van der Waals surface area (Å²) in [4.78, 5) is 15.1. The highest BCUT2D eigenvalue weighted by Gasteiger charge is 2.13. The zero-order valence-corrected chi connectivity index (χ0v) is 8.76. The summed E-state index contributed by atoms with van der Waals surface area (Å²) in [6.07, 6.45) is 1.37. The van der Waals surface area contributed by atoms with E-state index in [-0.39, 0.29) is 5.69 Å². The Labute approximate surface area is 90.6 Å². The molecule has 8 nitrogen and oxygen atoms in total. The second-order valence-electron chi connectivity index (χ2n) is 2.99. The maximum atomic E-state index is 11.2. The van der Waals surface area contributed by atoms with Crippen LogP contribution in [0.3, 0.4) is 0 Å². The number of nitrogens with one attached hydrogen (secondary N) is 2. The van der Waals surface area contributed by atoms with Crippen molar-refractivity contribution in [2.24, 2.45) is 7.05 Å². The molecule has 0 saturated carbocycles. The van der Waals surface area contributed by atoms with Crippen LogP contribution in [0.4, 0.5) is 11.8 Å². The first-order chi connectivity index (χ1) is 7.70. The number of ether oxygens (including phenoxy) is 1. The van der Waals surface area contributed by atoms with Gasteiger partial charge in [0.05, 0.1) is 7.11 Å². The molecule has 0 unspecified atom stereocenters. The van der Waals surface area contributed by atoms with Crippen LogP contribution >= 0.6 is 0 Å².